The Hall–Kier alpha value is -0.990. The van der Waals surface area contributed by atoms with Crippen molar-refractivity contribution >= 4 is 6.01 Å². The second-order valence-corrected chi connectivity index (χ2v) is 3.46. The highest BCUT2D eigenvalue weighted by molar-refractivity contribution is 5.12. The Bertz CT molecular complexity index is 230. The number of nitrogens with two attached hydrogens (primary N) is 1. The molecule has 12 heavy (non-hydrogen) atoms. The Morgan fingerprint density at radius 3 is 2.83 bits per heavy atom. The number of aromatic nitrogens is 1. The molecule has 0 spiro atoms. The van der Waals surface area contributed by atoms with E-state index in [-0.39, 0.29) is 6.01 Å². The molecule has 3 nitrogen and oxygen atoms in total. The van der Waals surface area contributed by atoms with Crippen LogP contribution in [0.2, 0.25) is 0 Å². The van der Waals surface area contributed by atoms with Gasteiger partial charge in [-0.2, -0.15) is 4.98 Å². The average Bonchev–Trinajstić information content (AvgIpc) is 2.35. The Morgan fingerprint density at radius 1 is 1.58 bits per heavy atom. The molecule has 0 amide bonds. The van der Waals surface area contributed by atoms with E-state index in [4.69, 9.17) is 10.2 Å². The highest BCUT2D eigenvalue weighted by atomic mass is 16.4. The number of rotatable bonds is 4. The minimum Gasteiger partial charge on any atom is -0.432 e. The lowest BCUT2D eigenvalue weighted by Gasteiger charge is -2.00. The molecule has 2 N–H and O–H groups in total. The highest BCUT2D eigenvalue weighted by Crippen LogP contribution is 2.10. The van der Waals surface area contributed by atoms with Crippen molar-refractivity contribution < 1.29 is 4.42 Å². The fourth-order valence-electron chi connectivity index (χ4n) is 1.13. The molecule has 0 bridgehead atoms. The second-order valence-electron chi connectivity index (χ2n) is 3.46. The van der Waals surface area contributed by atoms with Crippen LogP contribution in [0.5, 0.6) is 0 Å². The number of nitrogen functional groups attached to an aromatic ring is 1. The maximum atomic E-state index is 5.33. The molecule has 0 aromatic carbocycles. The fourth-order valence-corrected chi connectivity index (χ4v) is 1.13. The van der Waals surface area contributed by atoms with Gasteiger partial charge in [-0.25, -0.2) is 0 Å². The number of hydrogen-bond acceptors (Lipinski definition) is 3. The minimum atomic E-state index is 0.273. The number of hydrogen-bond donors (Lipinski definition) is 1. The molecular formula is C9H16N2O. The summed E-state index contributed by atoms with van der Waals surface area (Å²) in [5.41, 5.74) is 6.30. The van der Waals surface area contributed by atoms with Gasteiger partial charge in [0.15, 0.2) is 0 Å². The van der Waals surface area contributed by atoms with Crippen molar-refractivity contribution in [3.05, 3.63) is 12.0 Å². The molecule has 0 unspecified atom stereocenters. The summed E-state index contributed by atoms with van der Waals surface area (Å²) >= 11 is 0. The number of oxazole rings is 1. The molecular weight excluding hydrogens is 152 g/mol. The van der Waals surface area contributed by atoms with Crippen molar-refractivity contribution in [1.29, 1.82) is 0 Å². The van der Waals surface area contributed by atoms with Gasteiger partial charge in [-0.15, -0.1) is 0 Å². The normalized spacial score (nSPS) is 10.9. The van der Waals surface area contributed by atoms with Crippen LogP contribution < -0.4 is 5.73 Å². The molecule has 0 radical (unpaired) electrons. The van der Waals surface area contributed by atoms with Crippen LogP contribution in [0.25, 0.3) is 0 Å². The summed E-state index contributed by atoms with van der Waals surface area (Å²) in [5, 5.41) is 0. The van der Waals surface area contributed by atoms with E-state index in [0.29, 0.717) is 0 Å². The monoisotopic (exact) mass is 168 g/mol. The van der Waals surface area contributed by atoms with Gasteiger partial charge in [0, 0.05) is 0 Å². The molecule has 1 aromatic rings. The van der Waals surface area contributed by atoms with Gasteiger partial charge < -0.3 is 10.2 Å². The Labute approximate surface area is 73.0 Å². The predicted molar refractivity (Wildman–Crippen MR) is 48.7 cm³/mol. The largest absolute Gasteiger partial charge is 0.432 e. The van der Waals surface area contributed by atoms with Crippen molar-refractivity contribution in [2.45, 2.75) is 33.1 Å². The van der Waals surface area contributed by atoms with Crippen LogP contribution in [-0.4, -0.2) is 4.98 Å². The summed E-state index contributed by atoms with van der Waals surface area (Å²) in [4.78, 5) is 4.02. The van der Waals surface area contributed by atoms with Crippen molar-refractivity contribution in [3.63, 3.8) is 0 Å². The maximum absolute atomic E-state index is 5.33. The molecule has 0 saturated heterocycles. The molecule has 3 heteroatoms. The first-order valence-electron chi connectivity index (χ1n) is 4.38. The molecule has 1 rings (SSSR count). The third-order valence-electron chi connectivity index (χ3n) is 1.78. The Kier molecular flexibility index (Phi) is 3.14. The zero-order valence-electron chi connectivity index (χ0n) is 7.71. The van der Waals surface area contributed by atoms with Crippen molar-refractivity contribution in [2.75, 3.05) is 5.73 Å². The maximum Gasteiger partial charge on any atom is 0.292 e. The summed E-state index contributed by atoms with van der Waals surface area (Å²) < 4.78 is 4.89. The van der Waals surface area contributed by atoms with Gasteiger partial charge in [0.25, 0.3) is 6.01 Å². The van der Waals surface area contributed by atoms with Crippen LogP contribution in [0, 0.1) is 5.92 Å². The van der Waals surface area contributed by atoms with Crippen molar-refractivity contribution in [3.8, 4) is 0 Å². The zero-order valence-corrected chi connectivity index (χ0v) is 7.71. The van der Waals surface area contributed by atoms with E-state index in [2.05, 4.69) is 18.8 Å². The Balaban J connectivity index is 2.24. The van der Waals surface area contributed by atoms with E-state index < -0.39 is 0 Å². The van der Waals surface area contributed by atoms with Crippen LogP contribution in [0.1, 0.15) is 32.4 Å². The average molecular weight is 168 g/mol. The molecule has 0 fully saturated rings. The van der Waals surface area contributed by atoms with E-state index in [1.54, 1.807) is 6.26 Å². The first-order chi connectivity index (χ1) is 5.68. The van der Waals surface area contributed by atoms with Crippen LogP contribution in [0.15, 0.2) is 10.7 Å². The van der Waals surface area contributed by atoms with Crippen LogP contribution in [0.4, 0.5) is 6.01 Å². The first-order valence-corrected chi connectivity index (χ1v) is 4.38. The molecule has 1 aromatic heterocycles. The number of nitrogens with zero attached hydrogens (tertiary/aromatic N) is 1. The standard InChI is InChI=1S/C9H16N2O/c1-7(2)4-3-5-8-6-12-9(10)11-8/h6-7H,3-5H2,1-2H3,(H2,10,11). The third kappa shape index (κ3) is 2.95. The van der Waals surface area contributed by atoms with E-state index in [1.165, 1.54) is 6.42 Å². The summed E-state index contributed by atoms with van der Waals surface area (Å²) in [6.45, 7) is 4.44. The number of anilines is 1. The van der Waals surface area contributed by atoms with Gasteiger partial charge in [-0.1, -0.05) is 20.3 Å². The molecule has 0 aliphatic carbocycles. The molecule has 0 atom stereocenters. The Morgan fingerprint density at radius 2 is 2.33 bits per heavy atom. The first kappa shape index (κ1) is 9.10. The summed E-state index contributed by atoms with van der Waals surface area (Å²) in [6, 6.07) is 0.273. The lowest BCUT2D eigenvalue weighted by atomic mass is 10.1. The zero-order chi connectivity index (χ0) is 8.97. The van der Waals surface area contributed by atoms with Crippen LogP contribution in [0.3, 0.4) is 0 Å². The third-order valence-corrected chi connectivity index (χ3v) is 1.78. The minimum absolute atomic E-state index is 0.273. The van der Waals surface area contributed by atoms with Gasteiger partial charge in [0.2, 0.25) is 0 Å². The predicted octanol–water partition coefficient (Wildman–Crippen LogP) is 2.24. The van der Waals surface area contributed by atoms with Gasteiger partial charge in [0.1, 0.15) is 6.26 Å². The molecule has 0 aliphatic heterocycles. The van der Waals surface area contributed by atoms with Crippen LogP contribution >= 0.6 is 0 Å². The topological polar surface area (TPSA) is 52.0 Å². The van der Waals surface area contributed by atoms with E-state index in [0.717, 1.165) is 24.5 Å². The summed E-state index contributed by atoms with van der Waals surface area (Å²) in [6.07, 6.45) is 4.99. The summed E-state index contributed by atoms with van der Waals surface area (Å²) in [7, 11) is 0. The van der Waals surface area contributed by atoms with Gasteiger partial charge in [0.05, 0.1) is 5.69 Å². The van der Waals surface area contributed by atoms with Gasteiger partial charge in [-0.3, -0.25) is 0 Å². The number of aryl methyl sites for hydroxylation is 1. The SMILES string of the molecule is CC(C)CCCc1coc(N)n1. The van der Waals surface area contributed by atoms with E-state index in [1.807, 2.05) is 0 Å². The van der Waals surface area contributed by atoms with Gasteiger partial charge in [-0.05, 0) is 18.8 Å². The van der Waals surface area contributed by atoms with Crippen molar-refractivity contribution in [1.82, 2.24) is 4.98 Å². The van der Waals surface area contributed by atoms with Gasteiger partial charge >= 0.3 is 0 Å². The van der Waals surface area contributed by atoms with Crippen LogP contribution in [-0.2, 0) is 6.42 Å². The molecule has 1 heterocycles. The molecule has 68 valence electrons. The highest BCUT2D eigenvalue weighted by Gasteiger charge is 2.00. The smallest absolute Gasteiger partial charge is 0.292 e. The molecule has 0 saturated carbocycles. The lowest BCUT2D eigenvalue weighted by Crippen LogP contribution is -1.91. The van der Waals surface area contributed by atoms with Crippen molar-refractivity contribution in [2.24, 2.45) is 5.92 Å². The van der Waals surface area contributed by atoms with E-state index in [9.17, 15) is 0 Å². The fraction of sp³-hybridized carbons (Fsp3) is 0.667. The quantitative estimate of drug-likeness (QED) is 0.750. The second kappa shape index (κ2) is 4.14. The lowest BCUT2D eigenvalue weighted by molar-refractivity contribution is 0.549. The summed E-state index contributed by atoms with van der Waals surface area (Å²) in [5.74, 6) is 0.759. The van der Waals surface area contributed by atoms with E-state index >= 15 is 0 Å². The molecule has 0 aliphatic rings.